The molecule has 0 spiro atoms. The maximum Gasteiger partial charge on any atom is 0.197 e. The second-order valence-electron chi connectivity index (χ2n) is 6.78. The lowest BCUT2D eigenvalue weighted by Gasteiger charge is -2.28. The zero-order chi connectivity index (χ0) is 19.0. The molecule has 1 unspecified atom stereocenters. The maximum atomic E-state index is 12.9. The molecule has 1 heterocycles. The number of ketones is 1. The van der Waals surface area contributed by atoms with E-state index in [0.717, 1.165) is 19.6 Å². The van der Waals surface area contributed by atoms with E-state index in [2.05, 4.69) is 10.2 Å². The number of hydrogen-bond acceptors (Lipinski definition) is 7. The van der Waals surface area contributed by atoms with Crippen molar-refractivity contribution in [3.63, 3.8) is 0 Å². The normalized spacial score (nSPS) is 19.4. The monoisotopic (exact) mass is 370 g/mol. The van der Waals surface area contributed by atoms with Gasteiger partial charge in [0, 0.05) is 43.4 Å². The van der Waals surface area contributed by atoms with Crippen LogP contribution in [-0.4, -0.2) is 65.4 Å². The van der Waals surface area contributed by atoms with Crippen LogP contribution in [0.25, 0.3) is 0 Å². The number of fused-ring (bicyclic) bond motifs is 2. The van der Waals surface area contributed by atoms with Crippen molar-refractivity contribution in [2.45, 2.75) is 6.10 Å². The van der Waals surface area contributed by atoms with E-state index in [9.17, 15) is 20.1 Å². The van der Waals surface area contributed by atoms with Crippen LogP contribution in [0.3, 0.4) is 0 Å². The third-order valence-electron chi connectivity index (χ3n) is 5.17. The predicted molar refractivity (Wildman–Crippen MR) is 99.5 cm³/mol. The molecule has 27 heavy (non-hydrogen) atoms. The fraction of sp³-hybridized carbons (Fsp3) is 0.350. The summed E-state index contributed by atoms with van der Waals surface area (Å²) in [7, 11) is 0. The number of rotatable bonds is 4. The van der Waals surface area contributed by atoms with Gasteiger partial charge < -0.3 is 25.4 Å². The van der Waals surface area contributed by atoms with Crippen molar-refractivity contribution in [3.05, 3.63) is 52.6 Å². The molecule has 1 fully saturated rings. The largest absolute Gasteiger partial charge is 0.507 e. The molecule has 2 aliphatic rings. The number of anilines is 1. The number of aliphatic hydroxyl groups excluding tert-OH is 1. The average molecular weight is 370 g/mol. The average Bonchev–Trinajstić information content (AvgIpc) is 2.69. The molecule has 7 nitrogen and oxygen atoms in total. The molecule has 0 aromatic heterocycles. The summed E-state index contributed by atoms with van der Waals surface area (Å²) in [6.07, 6.45) is -1.16. The Morgan fingerprint density at radius 3 is 2.70 bits per heavy atom. The van der Waals surface area contributed by atoms with E-state index in [4.69, 9.17) is 4.74 Å². The molecule has 1 aliphatic carbocycles. The van der Waals surface area contributed by atoms with Crippen LogP contribution in [0, 0.1) is 0 Å². The lowest BCUT2D eigenvalue weighted by atomic mass is 9.81. The molecule has 0 amide bonds. The summed E-state index contributed by atoms with van der Waals surface area (Å²) >= 11 is 0. The number of ether oxygens (including phenoxy) is 1. The van der Waals surface area contributed by atoms with Crippen LogP contribution in [0.4, 0.5) is 5.69 Å². The Hall–Kier alpha value is -2.61. The number of aliphatic hydroxyl groups is 1. The number of aromatic hydroxyl groups is 2. The predicted octanol–water partition coefficient (Wildman–Crippen LogP) is 1.47. The third-order valence-corrected chi connectivity index (χ3v) is 5.17. The van der Waals surface area contributed by atoms with Gasteiger partial charge >= 0.3 is 0 Å². The first-order valence-corrected chi connectivity index (χ1v) is 9.02. The minimum absolute atomic E-state index is 0.0462. The summed E-state index contributed by atoms with van der Waals surface area (Å²) in [4.78, 5) is 15.1. The van der Waals surface area contributed by atoms with Gasteiger partial charge in [0.1, 0.15) is 11.9 Å². The van der Waals surface area contributed by atoms with Crippen molar-refractivity contribution in [1.29, 1.82) is 0 Å². The molecular weight excluding hydrogens is 348 g/mol. The fourth-order valence-corrected chi connectivity index (χ4v) is 3.72. The second kappa shape index (κ2) is 7.19. The Bertz CT molecular complexity index is 877. The lowest BCUT2D eigenvalue weighted by molar-refractivity contribution is 0.0398. The molecule has 1 aliphatic heterocycles. The van der Waals surface area contributed by atoms with Crippen molar-refractivity contribution >= 4 is 11.5 Å². The van der Waals surface area contributed by atoms with Crippen molar-refractivity contribution in [2.75, 3.05) is 44.7 Å². The van der Waals surface area contributed by atoms with E-state index in [1.54, 1.807) is 24.3 Å². The van der Waals surface area contributed by atoms with Crippen molar-refractivity contribution in [1.82, 2.24) is 4.90 Å². The number of nitrogens with zero attached hydrogens (tertiary/aromatic N) is 1. The summed E-state index contributed by atoms with van der Waals surface area (Å²) in [5.74, 6) is -0.870. The highest BCUT2D eigenvalue weighted by Crippen LogP contribution is 2.46. The molecule has 0 bridgehead atoms. The van der Waals surface area contributed by atoms with Gasteiger partial charge in [-0.1, -0.05) is 24.3 Å². The fourth-order valence-electron chi connectivity index (χ4n) is 3.72. The van der Waals surface area contributed by atoms with E-state index in [1.165, 1.54) is 6.07 Å². The number of phenols is 2. The van der Waals surface area contributed by atoms with Gasteiger partial charge in [0.15, 0.2) is 11.5 Å². The number of morpholine rings is 1. The van der Waals surface area contributed by atoms with Crippen LogP contribution >= 0.6 is 0 Å². The van der Waals surface area contributed by atoms with Crippen LogP contribution in [0.5, 0.6) is 11.5 Å². The van der Waals surface area contributed by atoms with E-state index in [1.807, 2.05) is 0 Å². The summed E-state index contributed by atoms with van der Waals surface area (Å²) in [5, 5.41) is 34.8. The first-order chi connectivity index (χ1) is 13.1. The number of carbonyl (C=O) groups excluding carboxylic acids is 1. The second-order valence-corrected chi connectivity index (χ2v) is 6.78. The molecule has 0 radical (unpaired) electrons. The number of phenolic OH excluding ortho intramolecular Hbond substituents is 2. The Balaban J connectivity index is 1.61. The Morgan fingerprint density at radius 2 is 1.93 bits per heavy atom. The molecular formula is C20H22N2O5. The van der Waals surface area contributed by atoms with Crippen molar-refractivity contribution in [3.8, 4) is 11.5 Å². The molecule has 1 saturated heterocycles. The Kier molecular flexibility index (Phi) is 4.73. The van der Waals surface area contributed by atoms with Gasteiger partial charge in [-0.15, -0.1) is 0 Å². The van der Waals surface area contributed by atoms with Crippen LogP contribution in [-0.2, 0) is 4.74 Å². The Morgan fingerprint density at radius 1 is 1.19 bits per heavy atom. The van der Waals surface area contributed by atoms with Crippen LogP contribution in [0.2, 0.25) is 0 Å². The maximum absolute atomic E-state index is 12.9. The third kappa shape index (κ3) is 3.14. The molecule has 0 saturated carbocycles. The smallest absolute Gasteiger partial charge is 0.197 e. The van der Waals surface area contributed by atoms with Gasteiger partial charge in [0.2, 0.25) is 0 Å². The molecule has 4 rings (SSSR count). The molecule has 142 valence electrons. The quantitative estimate of drug-likeness (QED) is 0.477. The highest BCUT2D eigenvalue weighted by atomic mass is 16.5. The summed E-state index contributed by atoms with van der Waals surface area (Å²) in [5.41, 5.74) is 1.04. The van der Waals surface area contributed by atoms with Crippen LogP contribution in [0.15, 0.2) is 30.3 Å². The lowest BCUT2D eigenvalue weighted by Crippen LogP contribution is -2.39. The van der Waals surface area contributed by atoms with Crippen molar-refractivity contribution in [2.24, 2.45) is 0 Å². The first kappa shape index (κ1) is 17.8. The molecule has 1 atom stereocenters. The van der Waals surface area contributed by atoms with Gasteiger partial charge in [-0.05, 0) is 5.56 Å². The number of nitrogens with one attached hydrogen (secondary N) is 1. The van der Waals surface area contributed by atoms with Gasteiger partial charge in [0.25, 0.3) is 0 Å². The minimum Gasteiger partial charge on any atom is -0.507 e. The highest BCUT2D eigenvalue weighted by molar-refractivity contribution is 6.15. The van der Waals surface area contributed by atoms with Gasteiger partial charge in [-0.2, -0.15) is 0 Å². The SMILES string of the molecule is O=C1c2ccccc2C(O)c2c(O)cc(NCCN3CCOCC3)c(O)c21. The van der Waals surface area contributed by atoms with E-state index in [-0.39, 0.29) is 28.3 Å². The van der Waals surface area contributed by atoms with Crippen molar-refractivity contribution < 1.29 is 24.9 Å². The summed E-state index contributed by atoms with van der Waals surface area (Å²) < 4.78 is 5.32. The summed E-state index contributed by atoms with van der Waals surface area (Å²) in [6.45, 7) is 4.40. The van der Waals surface area contributed by atoms with E-state index < -0.39 is 11.9 Å². The van der Waals surface area contributed by atoms with E-state index in [0.29, 0.717) is 30.9 Å². The van der Waals surface area contributed by atoms with Gasteiger partial charge in [0.05, 0.1) is 24.5 Å². The highest BCUT2D eigenvalue weighted by Gasteiger charge is 2.35. The molecule has 7 heteroatoms. The molecule has 2 aromatic rings. The number of benzene rings is 2. The zero-order valence-corrected chi connectivity index (χ0v) is 14.8. The molecule has 4 N–H and O–H groups in total. The Labute approximate surface area is 156 Å². The number of carbonyl (C=O) groups is 1. The standard InChI is InChI=1S/C20H22N2O5/c23-15-11-14(21-5-6-22-7-9-27-10-8-22)20(26)17-16(15)18(24)12-3-1-2-4-13(12)19(17)25/h1-4,11,18,21,23-24,26H,5-10H2. The zero-order valence-electron chi connectivity index (χ0n) is 14.8. The van der Waals surface area contributed by atoms with Crippen LogP contribution < -0.4 is 5.32 Å². The van der Waals surface area contributed by atoms with Crippen LogP contribution in [0.1, 0.15) is 33.2 Å². The minimum atomic E-state index is -1.16. The topological polar surface area (TPSA) is 102 Å². The molecule has 2 aromatic carbocycles. The first-order valence-electron chi connectivity index (χ1n) is 9.02. The van der Waals surface area contributed by atoms with E-state index >= 15 is 0 Å². The van der Waals surface area contributed by atoms with Gasteiger partial charge in [-0.3, -0.25) is 9.69 Å². The summed E-state index contributed by atoms with van der Waals surface area (Å²) in [6, 6.07) is 8.04. The number of hydrogen-bond donors (Lipinski definition) is 4. The van der Waals surface area contributed by atoms with Gasteiger partial charge in [-0.25, -0.2) is 0 Å².